The molecule has 0 amide bonds. The monoisotopic (exact) mass is 247 g/mol. The minimum absolute atomic E-state index is 0.106. The van der Waals surface area contributed by atoms with Crippen LogP contribution in [0.2, 0.25) is 0 Å². The molecule has 0 atom stereocenters. The molecule has 18 heavy (non-hydrogen) atoms. The number of hydrogen-bond donors (Lipinski definition) is 1. The predicted molar refractivity (Wildman–Crippen MR) is 62.3 cm³/mol. The molecular weight excluding hydrogens is 238 g/mol. The first kappa shape index (κ1) is 10.6. The quantitative estimate of drug-likeness (QED) is 0.812. The molecule has 2 heterocycles. The molecule has 1 N–H and O–H groups in total. The molecule has 92 valence electrons. The molecule has 0 bridgehead atoms. The number of rotatable bonds is 1. The number of benzene rings is 1. The SMILES string of the molecule is Cn1cc(C(=O)O)c(=O)c2cc3c(cc21)OCO3. The van der Waals surface area contributed by atoms with Crippen molar-refractivity contribution in [3.8, 4) is 11.5 Å². The molecule has 0 spiro atoms. The van der Waals surface area contributed by atoms with Gasteiger partial charge in [0.05, 0.1) is 10.9 Å². The van der Waals surface area contributed by atoms with E-state index in [0.29, 0.717) is 22.4 Å². The number of carboxylic acids is 1. The van der Waals surface area contributed by atoms with Gasteiger partial charge >= 0.3 is 5.97 Å². The fourth-order valence-corrected chi connectivity index (χ4v) is 2.02. The van der Waals surface area contributed by atoms with E-state index in [-0.39, 0.29) is 12.4 Å². The summed E-state index contributed by atoms with van der Waals surface area (Å²) in [6, 6.07) is 3.19. The molecule has 0 saturated heterocycles. The molecule has 0 fully saturated rings. The summed E-state index contributed by atoms with van der Waals surface area (Å²) in [7, 11) is 1.68. The zero-order valence-electron chi connectivity index (χ0n) is 9.47. The summed E-state index contributed by atoms with van der Waals surface area (Å²) < 4.78 is 12.0. The molecule has 6 nitrogen and oxygen atoms in total. The van der Waals surface area contributed by atoms with Crippen molar-refractivity contribution in [2.75, 3.05) is 6.79 Å². The number of fused-ring (bicyclic) bond motifs is 2. The van der Waals surface area contributed by atoms with Gasteiger partial charge in [0.2, 0.25) is 12.2 Å². The van der Waals surface area contributed by atoms with Crippen molar-refractivity contribution >= 4 is 16.9 Å². The molecule has 1 aliphatic rings. The van der Waals surface area contributed by atoms with Crippen molar-refractivity contribution in [2.45, 2.75) is 0 Å². The van der Waals surface area contributed by atoms with Crippen LogP contribution in [-0.2, 0) is 7.05 Å². The summed E-state index contributed by atoms with van der Waals surface area (Å²) in [4.78, 5) is 23.0. The maximum absolute atomic E-state index is 12.0. The van der Waals surface area contributed by atoms with Crippen LogP contribution in [0.1, 0.15) is 10.4 Å². The van der Waals surface area contributed by atoms with Gasteiger partial charge in [-0.1, -0.05) is 0 Å². The van der Waals surface area contributed by atoms with Crippen LogP contribution < -0.4 is 14.9 Å². The fraction of sp³-hybridized carbons (Fsp3) is 0.167. The van der Waals surface area contributed by atoms with Crippen LogP contribution in [-0.4, -0.2) is 22.4 Å². The van der Waals surface area contributed by atoms with Crippen LogP contribution in [0.4, 0.5) is 0 Å². The van der Waals surface area contributed by atoms with E-state index in [1.807, 2.05) is 0 Å². The highest BCUT2D eigenvalue weighted by molar-refractivity contribution is 5.93. The van der Waals surface area contributed by atoms with Gasteiger partial charge in [0.15, 0.2) is 11.5 Å². The lowest BCUT2D eigenvalue weighted by atomic mass is 10.1. The van der Waals surface area contributed by atoms with Crippen molar-refractivity contribution < 1.29 is 19.4 Å². The Morgan fingerprint density at radius 3 is 2.67 bits per heavy atom. The van der Waals surface area contributed by atoms with Gasteiger partial charge < -0.3 is 19.1 Å². The van der Waals surface area contributed by atoms with E-state index >= 15 is 0 Å². The first-order valence-corrected chi connectivity index (χ1v) is 5.24. The van der Waals surface area contributed by atoms with E-state index in [4.69, 9.17) is 14.6 Å². The summed E-state index contributed by atoms with van der Waals surface area (Å²) in [5, 5.41) is 9.28. The van der Waals surface area contributed by atoms with Crippen LogP contribution in [0, 0.1) is 0 Å². The van der Waals surface area contributed by atoms with Crippen LogP contribution in [0.3, 0.4) is 0 Å². The molecule has 2 aromatic rings. The smallest absolute Gasteiger partial charge is 0.341 e. The molecule has 1 aromatic heterocycles. The Morgan fingerprint density at radius 2 is 2.00 bits per heavy atom. The van der Waals surface area contributed by atoms with E-state index in [1.165, 1.54) is 12.3 Å². The van der Waals surface area contributed by atoms with E-state index in [0.717, 1.165) is 0 Å². The lowest BCUT2D eigenvalue weighted by Crippen LogP contribution is -2.17. The van der Waals surface area contributed by atoms with Gasteiger partial charge in [-0.05, 0) is 6.07 Å². The van der Waals surface area contributed by atoms with E-state index in [9.17, 15) is 9.59 Å². The standard InChI is InChI=1S/C12H9NO5/c1-13-4-7(12(15)16)11(14)6-2-9-10(3-8(6)13)18-5-17-9/h2-4H,5H2,1H3,(H,15,16). The number of carboxylic acid groups (broad SMARTS) is 1. The summed E-state index contributed by atoms with van der Waals surface area (Å²) in [6.45, 7) is 0.106. The highest BCUT2D eigenvalue weighted by Gasteiger charge is 2.19. The van der Waals surface area contributed by atoms with Gasteiger partial charge in [-0.3, -0.25) is 4.79 Å². The lowest BCUT2D eigenvalue weighted by Gasteiger charge is -2.07. The molecule has 0 unspecified atom stereocenters. The Kier molecular flexibility index (Phi) is 2.07. The van der Waals surface area contributed by atoms with E-state index < -0.39 is 11.4 Å². The number of nitrogens with zero attached hydrogens (tertiary/aromatic N) is 1. The second kappa shape index (κ2) is 3.49. The highest BCUT2D eigenvalue weighted by Crippen LogP contribution is 2.34. The van der Waals surface area contributed by atoms with Gasteiger partial charge in [-0.25, -0.2) is 4.79 Å². The third kappa shape index (κ3) is 1.35. The van der Waals surface area contributed by atoms with E-state index in [2.05, 4.69) is 0 Å². The van der Waals surface area contributed by atoms with Gasteiger partial charge in [-0.15, -0.1) is 0 Å². The number of aryl methyl sites for hydroxylation is 1. The second-order valence-electron chi connectivity index (χ2n) is 4.01. The van der Waals surface area contributed by atoms with Gasteiger partial charge in [0.1, 0.15) is 5.56 Å². The molecule has 0 radical (unpaired) electrons. The summed E-state index contributed by atoms with van der Waals surface area (Å²) in [5.74, 6) is -0.224. The fourth-order valence-electron chi connectivity index (χ4n) is 2.02. The van der Waals surface area contributed by atoms with Crippen molar-refractivity contribution in [3.63, 3.8) is 0 Å². The largest absolute Gasteiger partial charge is 0.477 e. The minimum atomic E-state index is -1.24. The zero-order valence-corrected chi connectivity index (χ0v) is 9.47. The number of pyridine rings is 1. The van der Waals surface area contributed by atoms with Crippen LogP contribution in [0.15, 0.2) is 23.1 Å². The molecular formula is C12H9NO5. The van der Waals surface area contributed by atoms with Crippen molar-refractivity contribution in [1.82, 2.24) is 4.57 Å². The number of carbonyl (C=O) groups is 1. The topological polar surface area (TPSA) is 77.8 Å². The van der Waals surface area contributed by atoms with Crippen LogP contribution >= 0.6 is 0 Å². The average molecular weight is 247 g/mol. The summed E-state index contributed by atoms with van der Waals surface area (Å²) in [5.41, 5.74) is -0.174. The minimum Gasteiger partial charge on any atom is -0.477 e. The third-order valence-corrected chi connectivity index (χ3v) is 2.91. The Labute approximate surface area is 101 Å². The first-order chi connectivity index (χ1) is 8.58. The van der Waals surface area contributed by atoms with Crippen LogP contribution in [0.5, 0.6) is 11.5 Å². The van der Waals surface area contributed by atoms with Gasteiger partial charge in [-0.2, -0.15) is 0 Å². The van der Waals surface area contributed by atoms with Crippen molar-refractivity contribution in [3.05, 3.63) is 34.1 Å². The number of hydrogen-bond acceptors (Lipinski definition) is 4. The molecule has 0 saturated carbocycles. The Balaban J connectivity index is 2.43. The zero-order chi connectivity index (χ0) is 12.9. The predicted octanol–water partition coefficient (Wildman–Crippen LogP) is 0.965. The third-order valence-electron chi connectivity index (χ3n) is 2.91. The summed E-state index contributed by atoms with van der Waals surface area (Å²) >= 11 is 0. The van der Waals surface area contributed by atoms with Crippen molar-refractivity contribution in [1.29, 1.82) is 0 Å². The number of aromatic carboxylic acids is 1. The molecule has 3 rings (SSSR count). The molecule has 6 heteroatoms. The Morgan fingerprint density at radius 1 is 1.33 bits per heavy atom. The maximum Gasteiger partial charge on any atom is 0.341 e. The van der Waals surface area contributed by atoms with Crippen molar-refractivity contribution in [2.24, 2.45) is 7.05 Å². The normalized spacial score (nSPS) is 12.9. The lowest BCUT2D eigenvalue weighted by molar-refractivity contribution is 0.0695. The van der Waals surface area contributed by atoms with Gasteiger partial charge in [0, 0.05) is 19.3 Å². The highest BCUT2D eigenvalue weighted by atomic mass is 16.7. The molecule has 1 aromatic carbocycles. The van der Waals surface area contributed by atoms with Crippen LogP contribution in [0.25, 0.3) is 10.9 Å². The number of aromatic nitrogens is 1. The molecule has 0 aliphatic carbocycles. The summed E-state index contributed by atoms with van der Waals surface area (Å²) in [6.07, 6.45) is 1.30. The Hall–Kier alpha value is -2.50. The van der Waals surface area contributed by atoms with Gasteiger partial charge in [0.25, 0.3) is 0 Å². The maximum atomic E-state index is 12.0. The average Bonchev–Trinajstić information content (AvgIpc) is 2.78. The van der Waals surface area contributed by atoms with E-state index in [1.54, 1.807) is 17.7 Å². The first-order valence-electron chi connectivity index (χ1n) is 5.24. The Bertz CT molecular complexity index is 731. The molecule has 1 aliphatic heterocycles. The number of ether oxygens (including phenoxy) is 2. The second-order valence-corrected chi connectivity index (χ2v) is 4.01.